The van der Waals surface area contributed by atoms with Gasteiger partial charge in [0, 0.05) is 27.9 Å². The average molecular weight is 469 g/mol. The molecule has 0 aliphatic carbocycles. The van der Waals surface area contributed by atoms with Gasteiger partial charge in [-0.1, -0.05) is 34.1 Å². The molecule has 0 saturated carbocycles. The van der Waals surface area contributed by atoms with Crippen molar-refractivity contribution in [2.45, 2.75) is 0 Å². The zero-order valence-corrected chi connectivity index (χ0v) is 17.2. The van der Waals surface area contributed by atoms with Gasteiger partial charge in [-0.2, -0.15) is 5.10 Å². The minimum atomic E-state index is -0.697. The molecule has 0 radical (unpaired) electrons. The van der Waals surface area contributed by atoms with Gasteiger partial charge in [0.05, 0.1) is 11.9 Å². The summed E-state index contributed by atoms with van der Waals surface area (Å²) in [6.07, 6.45) is 6.08. The number of hydrogen-bond acceptors (Lipinski definition) is 5. The maximum Gasteiger partial charge on any atom is 0.331 e. The summed E-state index contributed by atoms with van der Waals surface area (Å²) < 4.78 is 7.35. The fourth-order valence-corrected chi connectivity index (χ4v) is 2.59. The summed E-state index contributed by atoms with van der Waals surface area (Å²) in [5.41, 5.74) is 6.38. The van der Waals surface area contributed by atoms with Crippen molar-refractivity contribution in [3.05, 3.63) is 88.7 Å². The summed E-state index contributed by atoms with van der Waals surface area (Å²) in [4.78, 5) is 35.4. The maximum absolute atomic E-state index is 11.9. The Hall–Kier alpha value is -3.72. The summed E-state index contributed by atoms with van der Waals surface area (Å²) in [6.45, 7) is -0.535. The van der Waals surface area contributed by atoms with Gasteiger partial charge in [0.1, 0.15) is 0 Å². The van der Waals surface area contributed by atoms with E-state index in [0.29, 0.717) is 11.1 Å². The lowest BCUT2D eigenvalue weighted by Crippen LogP contribution is -2.43. The van der Waals surface area contributed by atoms with Crippen LogP contribution in [-0.4, -0.2) is 34.2 Å². The predicted octanol–water partition coefficient (Wildman–Crippen LogP) is 2.65. The van der Waals surface area contributed by atoms with E-state index in [1.165, 1.54) is 12.2 Å². The van der Waals surface area contributed by atoms with Crippen molar-refractivity contribution in [2.24, 2.45) is 0 Å². The third-order valence-corrected chi connectivity index (χ3v) is 4.33. The van der Waals surface area contributed by atoms with E-state index < -0.39 is 24.4 Å². The quantitative estimate of drug-likeness (QED) is 0.329. The number of nitrogens with one attached hydrogen (secondary N) is 2. The van der Waals surface area contributed by atoms with Crippen molar-refractivity contribution in [3.8, 4) is 5.69 Å². The smallest absolute Gasteiger partial charge is 0.331 e. The number of aromatic nitrogens is 2. The van der Waals surface area contributed by atoms with Crippen molar-refractivity contribution >= 4 is 39.8 Å². The van der Waals surface area contributed by atoms with E-state index >= 15 is 0 Å². The van der Waals surface area contributed by atoms with Gasteiger partial charge in [-0.3, -0.25) is 20.4 Å². The van der Waals surface area contributed by atoms with Gasteiger partial charge in [-0.25, -0.2) is 9.48 Å². The van der Waals surface area contributed by atoms with Gasteiger partial charge < -0.3 is 4.74 Å². The molecule has 2 amide bonds. The Balaban J connectivity index is 1.42. The maximum atomic E-state index is 11.9. The Kier molecular flexibility index (Phi) is 7.12. The molecule has 0 aliphatic rings. The van der Waals surface area contributed by atoms with Crippen LogP contribution in [0.25, 0.3) is 11.8 Å². The van der Waals surface area contributed by atoms with Crippen LogP contribution in [0.1, 0.15) is 15.9 Å². The molecule has 0 bridgehead atoms. The average Bonchev–Trinajstić information content (AvgIpc) is 3.25. The number of amides is 2. The van der Waals surface area contributed by atoms with Crippen LogP contribution in [0.2, 0.25) is 0 Å². The molecule has 3 rings (SSSR count). The van der Waals surface area contributed by atoms with E-state index in [1.54, 1.807) is 41.3 Å². The standard InChI is InChI=1S/C21H17BrN4O4/c22-17-9-7-16(8-10-17)21(29)25-24-19(27)14-30-20(28)11-6-15-12-23-26(13-15)18-4-2-1-3-5-18/h1-13H,14H2,(H,24,27)(H,25,29). The normalized spacial score (nSPS) is 10.6. The Morgan fingerprint density at radius 1 is 1.03 bits per heavy atom. The molecule has 0 atom stereocenters. The second kappa shape index (κ2) is 10.2. The number of carbonyl (C=O) groups is 3. The van der Waals surface area contributed by atoms with Crippen LogP contribution < -0.4 is 10.9 Å². The van der Waals surface area contributed by atoms with Crippen molar-refractivity contribution in [3.63, 3.8) is 0 Å². The van der Waals surface area contributed by atoms with Crippen LogP contribution in [0.4, 0.5) is 0 Å². The lowest BCUT2D eigenvalue weighted by Gasteiger charge is -2.07. The Morgan fingerprint density at radius 3 is 2.50 bits per heavy atom. The number of carbonyl (C=O) groups excluding carboxylic acids is 3. The van der Waals surface area contributed by atoms with Crippen LogP contribution in [0.5, 0.6) is 0 Å². The number of para-hydroxylation sites is 1. The first kappa shape index (κ1) is 21.0. The first-order valence-electron chi connectivity index (χ1n) is 8.81. The Bertz CT molecular complexity index is 1060. The molecule has 0 unspecified atom stereocenters. The summed E-state index contributed by atoms with van der Waals surface area (Å²) in [7, 11) is 0. The third-order valence-electron chi connectivity index (χ3n) is 3.80. The highest BCUT2D eigenvalue weighted by Crippen LogP contribution is 2.10. The van der Waals surface area contributed by atoms with E-state index in [9.17, 15) is 14.4 Å². The topological polar surface area (TPSA) is 102 Å². The summed E-state index contributed by atoms with van der Waals surface area (Å²) in [5.74, 6) is -1.85. The number of halogens is 1. The fraction of sp³-hybridized carbons (Fsp3) is 0.0476. The molecule has 30 heavy (non-hydrogen) atoms. The Labute approximate surface area is 180 Å². The Morgan fingerprint density at radius 2 is 1.77 bits per heavy atom. The molecular formula is C21H17BrN4O4. The third kappa shape index (κ3) is 6.14. The van der Waals surface area contributed by atoms with E-state index in [2.05, 4.69) is 31.9 Å². The highest BCUT2D eigenvalue weighted by Gasteiger charge is 2.09. The molecule has 8 nitrogen and oxygen atoms in total. The van der Waals surface area contributed by atoms with Crippen LogP contribution in [0.15, 0.2) is 77.5 Å². The molecule has 1 heterocycles. The molecule has 9 heteroatoms. The van der Waals surface area contributed by atoms with Gasteiger partial charge in [0.25, 0.3) is 11.8 Å². The molecule has 1 aromatic heterocycles. The van der Waals surface area contributed by atoms with Crippen LogP contribution >= 0.6 is 15.9 Å². The van der Waals surface area contributed by atoms with Crippen LogP contribution in [-0.2, 0) is 14.3 Å². The second-order valence-corrected chi connectivity index (χ2v) is 6.92. The van der Waals surface area contributed by atoms with Gasteiger partial charge >= 0.3 is 5.97 Å². The van der Waals surface area contributed by atoms with Crippen molar-refractivity contribution in [2.75, 3.05) is 6.61 Å². The highest BCUT2D eigenvalue weighted by atomic mass is 79.9. The summed E-state index contributed by atoms with van der Waals surface area (Å²) in [5, 5.41) is 4.22. The summed E-state index contributed by atoms with van der Waals surface area (Å²) in [6, 6.07) is 16.1. The summed E-state index contributed by atoms with van der Waals surface area (Å²) >= 11 is 3.27. The minimum Gasteiger partial charge on any atom is -0.452 e. The highest BCUT2D eigenvalue weighted by molar-refractivity contribution is 9.10. The van der Waals surface area contributed by atoms with E-state index in [0.717, 1.165) is 10.2 Å². The number of hydrogen-bond donors (Lipinski definition) is 2. The van der Waals surface area contributed by atoms with Crippen LogP contribution in [0.3, 0.4) is 0 Å². The van der Waals surface area contributed by atoms with Gasteiger partial charge in [0.2, 0.25) is 0 Å². The van der Waals surface area contributed by atoms with E-state index in [4.69, 9.17) is 4.74 Å². The van der Waals surface area contributed by atoms with Crippen molar-refractivity contribution in [1.82, 2.24) is 20.6 Å². The largest absolute Gasteiger partial charge is 0.452 e. The second-order valence-electron chi connectivity index (χ2n) is 6.00. The molecule has 2 aromatic carbocycles. The first-order valence-corrected chi connectivity index (χ1v) is 9.60. The molecule has 0 fully saturated rings. The predicted molar refractivity (Wildman–Crippen MR) is 113 cm³/mol. The number of rotatable bonds is 6. The fourth-order valence-electron chi connectivity index (χ4n) is 2.33. The first-order chi connectivity index (χ1) is 14.5. The molecule has 0 aliphatic heterocycles. The molecule has 3 aromatic rings. The van der Waals surface area contributed by atoms with Crippen LogP contribution in [0, 0.1) is 0 Å². The monoisotopic (exact) mass is 468 g/mol. The lowest BCUT2D eigenvalue weighted by atomic mass is 10.2. The van der Waals surface area contributed by atoms with E-state index in [-0.39, 0.29) is 0 Å². The number of nitrogens with zero attached hydrogens (tertiary/aromatic N) is 2. The molecule has 152 valence electrons. The number of esters is 1. The minimum absolute atomic E-state index is 0.370. The van der Waals surface area contributed by atoms with Gasteiger partial charge in [-0.15, -0.1) is 0 Å². The van der Waals surface area contributed by atoms with Crippen molar-refractivity contribution in [1.29, 1.82) is 0 Å². The lowest BCUT2D eigenvalue weighted by molar-refractivity contribution is -0.144. The van der Waals surface area contributed by atoms with Gasteiger partial charge in [-0.05, 0) is 42.5 Å². The zero-order valence-electron chi connectivity index (χ0n) is 15.6. The molecule has 2 N–H and O–H groups in total. The number of ether oxygens (including phenoxy) is 1. The zero-order chi connectivity index (χ0) is 21.3. The SMILES string of the molecule is O=C(COC(=O)C=Cc1cnn(-c2ccccc2)c1)NNC(=O)c1ccc(Br)cc1. The van der Waals surface area contributed by atoms with Gasteiger partial charge in [0.15, 0.2) is 6.61 Å². The molecule has 0 saturated heterocycles. The molecule has 0 spiro atoms. The number of hydrazine groups is 1. The number of benzene rings is 2. The molecular weight excluding hydrogens is 452 g/mol. The van der Waals surface area contributed by atoms with Crippen molar-refractivity contribution < 1.29 is 19.1 Å². The van der Waals surface area contributed by atoms with E-state index in [1.807, 2.05) is 30.3 Å².